The van der Waals surface area contributed by atoms with E-state index < -0.39 is 0 Å². The number of rotatable bonds is 6. The molecule has 4 nitrogen and oxygen atoms in total. The second kappa shape index (κ2) is 13.6. The van der Waals surface area contributed by atoms with Crippen LogP contribution in [0.1, 0.15) is 0 Å². The van der Waals surface area contributed by atoms with E-state index in [2.05, 4.69) is 216 Å². The van der Waals surface area contributed by atoms with Gasteiger partial charge in [0.2, 0.25) is 0 Å². The van der Waals surface area contributed by atoms with E-state index in [-0.39, 0.29) is 0 Å². The number of benzene rings is 10. The molecule has 0 amide bonds. The second-order valence-electron chi connectivity index (χ2n) is 16.1. The number of furan rings is 2. The van der Waals surface area contributed by atoms with E-state index >= 15 is 0 Å². The highest BCUT2D eigenvalue weighted by Gasteiger charge is 2.20. The molecule has 10 aromatic carbocycles. The van der Waals surface area contributed by atoms with Gasteiger partial charge in [-0.3, -0.25) is 0 Å². The zero-order chi connectivity index (χ0) is 40.7. The topological polar surface area (TPSA) is 34.5 Å². The van der Waals surface area contributed by atoms with Gasteiger partial charge < -0.3 is 18.3 Å². The van der Waals surface area contributed by atoms with Crippen LogP contribution in [0.4, 0.5) is 17.1 Å². The average molecular weight is 793 g/mol. The first-order valence-corrected chi connectivity index (χ1v) is 21.1. The number of nitrogens with zero attached hydrogens (tertiary/aromatic N) is 2. The normalized spacial score (nSPS) is 11.9. The molecule has 0 saturated carbocycles. The lowest BCUT2D eigenvalue weighted by Crippen LogP contribution is -2.10. The van der Waals surface area contributed by atoms with Gasteiger partial charge in [0.1, 0.15) is 22.3 Å². The van der Waals surface area contributed by atoms with Crippen molar-refractivity contribution in [3.05, 3.63) is 218 Å². The molecule has 0 aliphatic heterocycles. The summed E-state index contributed by atoms with van der Waals surface area (Å²) in [6, 6.07) is 78.1. The van der Waals surface area contributed by atoms with Crippen LogP contribution in [0.15, 0.2) is 227 Å². The summed E-state index contributed by atoms with van der Waals surface area (Å²) < 4.78 is 15.3. The lowest BCUT2D eigenvalue weighted by molar-refractivity contribution is 0.669. The third-order valence-electron chi connectivity index (χ3n) is 12.6. The van der Waals surface area contributed by atoms with Crippen molar-refractivity contribution in [1.82, 2.24) is 4.57 Å². The number of hydrogen-bond donors (Lipinski definition) is 0. The van der Waals surface area contributed by atoms with Crippen LogP contribution in [0.25, 0.3) is 104 Å². The minimum atomic E-state index is 0.881. The number of anilines is 3. The quantitative estimate of drug-likeness (QED) is 0.168. The van der Waals surface area contributed by atoms with E-state index in [4.69, 9.17) is 8.83 Å². The van der Waals surface area contributed by atoms with Gasteiger partial charge in [-0.05, 0) is 113 Å². The van der Waals surface area contributed by atoms with Crippen molar-refractivity contribution in [3.8, 4) is 27.9 Å². The monoisotopic (exact) mass is 792 g/mol. The summed E-state index contributed by atoms with van der Waals surface area (Å²) in [6.07, 6.45) is 0. The van der Waals surface area contributed by atoms with Crippen molar-refractivity contribution < 1.29 is 8.83 Å². The van der Waals surface area contributed by atoms with E-state index in [0.717, 1.165) is 94.3 Å². The molecule has 290 valence electrons. The molecule has 0 N–H and O–H groups in total. The summed E-state index contributed by atoms with van der Waals surface area (Å²) in [4.78, 5) is 2.37. The van der Waals surface area contributed by atoms with Gasteiger partial charge in [-0.1, -0.05) is 133 Å². The first kappa shape index (κ1) is 34.5. The van der Waals surface area contributed by atoms with Crippen LogP contribution < -0.4 is 4.90 Å². The Bertz CT molecular complexity index is 3830. The molecule has 4 heteroatoms. The molecule has 0 bridgehead atoms. The van der Waals surface area contributed by atoms with Crippen LogP contribution in [0, 0.1) is 0 Å². The maximum absolute atomic E-state index is 6.62. The van der Waals surface area contributed by atoms with E-state index in [0.29, 0.717) is 0 Å². The zero-order valence-electron chi connectivity index (χ0n) is 33.5. The number of fused-ring (bicyclic) bond motifs is 11. The number of hydrogen-bond acceptors (Lipinski definition) is 3. The van der Waals surface area contributed by atoms with Gasteiger partial charge in [0.25, 0.3) is 0 Å². The molecular weight excluding hydrogens is 757 g/mol. The Hall–Kier alpha value is -8.34. The molecule has 0 aliphatic carbocycles. The van der Waals surface area contributed by atoms with E-state index in [1.807, 2.05) is 12.1 Å². The fourth-order valence-electron chi connectivity index (χ4n) is 9.73. The highest BCUT2D eigenvalue weighted by molar-refractivity contribution is 6.19. The predicted octanol–water partition coefficient (Wildman–Crippen LogP) is 16.5. The Morgan fingerprint density at radius 3 is 1.79 bits per heavy atom. The third-order valence-corrected chi connectivity index (χ3v) is 12.6. The zero-order valence-corrected chi connectivity index (χ0v) is 33.5. The summed E-state index contributed by atoms with van der Waals surface area (Å²) in [6.45, 7) is 0. The van der Waals surface area contributed by atoms with Crippen LogP contribution in [0.2, 0.25) is 0 Å². The highest BCUT2D eigenvalue weighted by atomic mass is 16.3. The number of aromatic nitrogens is 1. The van der Waals surface area contributed by atoms with Crippen LogP contribution in [0.3, 0.4) is 0 Å². The summed E-state index contributed by atoms with van der Waals surface area (Å²) >= 11 is 0. The lowest BCUT2D eigenvalue weighted by atomic mass is 9.97. The van der Waals surface area contributed by atoms with Gasteiger partial charge in [-0.25, -0.2) is 0 Å². The van der Waals surface area contributed by atoms with Crippen molar-refractivity contribution >= 4 is 93.5 Å². The molecule has 0 radical (unpaired) electrons. The molecule has 0 aliphatic rings. The molecule has 0 saturated heterocycles. The molecule has 3 heterocycles. The maximum Gasteiger partial charge on any atom is 0.143 e. The summed E-state index contributed by atoms with van der Waals surface area (Å²) in [7, 11) is 0. The minimum absolute atomic E-state index is 0.881. The van der Waals surface area contributed by atoms with E-state index in [9.17, 15) is 0 Å². The fourth-order valence-corrected chi connectivity index (χ4v) is 9.73. The van der Waals surface area contributed by atoms with Crippen molar-refractivity contribution in [1.29, 1.82) is 0 Å². The lowest BCUT2D eigenvalue weighted by Gasteiger charge is -2.27. The van der Waals surface area contributed by atoms with Gasteiger partial charge in [0.15, 0.2) is 0 Å². The Balaban J connectivity index is 0.974. The van der Waals surface area contributed by atoms with Gasteiger partial charge in [-0.15, -0.1) is 0 Å². The smallest absolute Gasteiger partial charge is 0.143 e. The Morgan fingerprint density at radius 1 is 0.339 bits per heavy atom. The summed E-state index contributed by atoms with van der Waals surface area (Å²) in [5.41, 5.74) is 14.7. The molecule has 0 spiro atoms. The first-order chi connectivity index (χ1) is 30.7. The Labute approximate surface area is 356 Å². The van der Waals surface area contributed by atoms with Crippen LogP contribution >= 0.6 is 0 Å². The van der Waals surface area contributed by atoms with Gasteiger partial charge in [-0.2, -0.15) is 0 Å². The molecular formula is C58H36N2O2. The Kier molecular flexibility index (Phi) is 7.57. The van der Waals surface area contributed by atoms with Crippen molar-refractivity contribution in [3.63, 3.8) is 0 Å². The second-order valence-corrected chi connectivity index (χ2v) is 16.1. The summed E-state index contributed by atoms with van der Waals surface area (Å²) in [5, 5.41) is 9.27. The standard InChI is InChI=1S/C58H36N2O2/c1-2-17-46-38(12-1)28-33-51-57-45(21-11-25-55(57)62-58(46)51)40-13-9-14-42(34-40)59(41-30-26-37(27-31-41)39-29-32-50-49-20-5-8-24-54(49)61-56(50)35-39)43-15-10-16-44(36-43)60-52-22-6-3-18-47(52)48-19-4-7-23-53(48)60/h1-36H. The van der Waals surface area contributed by atoms with Gasteiger partial charge in [0, 0.05) is 60.5 Å². The van der Waals surface area contributed by atoms with E-state index in [1.165, 1.54) is 27.2 Å². The van der Waals surface area contributed by atoms with Crippen LogP contribution in [-0.2, 0) is 0 Å². The van der Waals surface area contributed by atoms with E-state index in [1.54, 1.807) is 0 Å². The molecule has 0 unspecified atom stereocenters. The molecule has 62 heavy (non-hydrogen) atoms. The first-order valence-electron chi connectivity index (χ1n) is 21.1. The molecule has 13 rings (SSSR count). The highest BCUT2D eigenvalue weighted by Crippen LogP contribution is 2.43. The molecule has 0 fully saturated rings. The fraction of sp³-hybridized carbons (Fsp3) is 0. The molecule has 0 atom stereocenters. The van der Waals surface area contributed by atoms with Crippen molar-refractivity contribution in [2.24, 2.45) is 0 Å². The largest absolute Gasteiger partial charge is 0.456 e. The third kappa shape index (κ3) is 5.33. The van der Waals surface area contributed by atoms with Crippen LogP contribution in [0.5, 0.6) is 0 Å². The van der Waals surface area contributed by atoms with Crippen molar-refractivity contribution in [2.75, 3.05) is 4.90 Å². The molecule has 3 aromatic heterocycles. The number of para-hydroxylation sites is 3. The average Bonchev–Trinajstić information content (AvgIpc) is 4.02. The predicted molar refractivity (Wildman–Crippen MR) is 258 cm³/mol. The Morgan fingerprint density at radius 2 is 0.968 bits per heavy atom. The molecule has 13 aromatic rings. The maximum atomic E-state index is 6.62. The van der Waals surface area contributed by atoms with Crippen LogP contribution in [-0.4, -0.2) is 4.57 Å². The minimum Gasteiger partial charge on any atom is -0.456 e. The SMILES string of the molecule is c1cc(-c2cccc3oc4c5ccccc5ccc4c23)cc(N(c2ccc(-c3ccc4c(c3)oc3ccccc34)cc2)c2cccc(-n3c4ccccc4c4ccccc43)c2)c1. The summed E-state index contributed by atoms with van der Waals surface area (Å²) in [5.74, 6) is 0. The van der Waals surface area contributed by atoms with Gasteiger partial charge >= 0.3 is 0 Å². The van der Waals surface area contributed by atoms with Gasteiger partial charge in [0.05, 0.1) is 11.0 Å². The van der Waals surface area contributed by atoms with Crippen molar-refractivity contribution in [2.45, 2.75) is 0 Å².